The summed E-state index contributed by atoms with van der Waals surface area (Å²) in [6, 6.07) is 11.5. The number of carbonyl (C=O) groups is 1. The number of phenolic OH excluding ortho intramolecular Hbond substituents is 1. The Labute approximate surface area is 135 Å². The van der Waals surface area contributed by atoms with Crippen LogP contribution in [0.4, 0.5) is 0 Å². The van der Waals surface area contributed by atoms with E-state index < -0.39 is 12.0 Å². The molecule has 0 spiro atoms. The fraction of sp³-hybridized carbons (Fsp3) is 0.278. The lowest BCUT2D eigenvalue weighted by Crippen LogP contribution is -2.34. The van der Waals surface area contributed by atoms with Crippen LogP contribution in [0.1, 0.15) is 16.7 Å². The van der Waals surface area contributed by atoms with Gasteiger partial charge in [-0.05, 0) is 54.3 Å². The van der Waals surface area contributed by atoms with Crippen molar-refractivity contribution in [3.05, 3.63) is 59.2 Å². The number of nitrogens with two attached hydrogens (primary N) is 1. The van der Waals surface area contributed by atoms with Crippen molar-refractivity contribution in [2.75, 3.05) is 7.11 Å². The highest BCUT2D eigenvalue weighted by Gasteiger charge is 2.17. The minimum Gasteiger partial charge on any atom is -0.508 e. The van der Waals surface area contributed by atoms with E-state index in [1.165, 1.54) is 0 Å². The van der Waals surface area contributed by atoms with Gasteiger partial charge in [-0.2, -0.15) is 0 Å². The molecule has 5 heteroatoms. The molecule has 0 aliphatic rings. The number of benzene rings is 2. The highest BCUT2D eigenvalue weighted by molar-refractivity contribution is 5.76. The monoisotopic (exact) mass is 315 g/mol. The molecule has 0 radical (unpaired) electrons. The second-order valence-electron chi connectivity index (χ2n) is 5.38. The summed E-state index contributed by atoms with van der Waals surface area (Å²) in [5.41, 5.74) is 8.58. The third kappa shape index (κ3) is 4.72. The van der Waals surface area contributed by atoms with Crippen LogP contribution in [-0.4, -0.2) is 24.2 Å². The molecule has 0 saturated heterocycles. The Hall–Kier alpha value is -2.53. The van der Waals surface area contributed by atoms with Crippen molar-refractivity contribution in [3.63, 3.8) is 0 Å². The van der Waals surface area contributed by atoms with Gasteiger partial charge in [-0.15, -0.1) is 0 Å². The number of rotatable bonds is 6. The molecule has 0 aliphatic carbocycles. The van der Waals surface area contributed by atoms with Crippen LogP contribution in [0.5, 0.6) is 11.5 Å². The quantitative estimate of drug-likeness (QED) is 0.800. The zero-order valence-electron chi connectivity index (χ0n) is 13.3. The molecular weight excluding hydrogens is 294 g/mol. The van der Waals surface area contributed by atoms with Gasteiger partial charge < -0.3 is 20.3 Å². The van der Waals surface area contributed by atoms with Crippen molar-refractivity contribution in [3.8, 4) is 11.5 Å². The Morgan fingerprint density at radius 3 is 2.52 bits per heavy atom. The number of aromatic hydroxyl groups is 1. The van der Waals surface area contributed by atoms with Gasteiger partial charge in [-0.1, -0.05) is 18.2 Å². The molecule has 1 atom stereocenters. The average molecular weight is 315 g/mol. The lowest BCUT2D eigenvalue weighted by Gasteiger charge is -2.13. The second-order valence-corrected chi connectivity index (χ2v) is 5.38. The Balaban J connectivity index is 1.89. The average Bonchev–Trinajstić information content (AvgIpc) is 2.55. The van der Waals surface area contributed by atoms with Crippen molar-refractivity contribution in [1.29, 1.82) is 0 Å². The van der Waals surface area contributed by atoms with Gasteiger partial charge in [0.25, 0.3) is 0 Å². The van der Waals surface area contributed by atoms with Crippen molar-refractivity contribution < 1.29 is 19.4 Å². The first-order valence-electron chi connectivity index (χ1n) is 7.33. The number of hydrogen-bond acceptors (Lipinski definition) is 5. The third-order valence-corrected chi connectivity index (χ3v) is 3.61. The molecule has 23 heavy (non-hydrogen) atoms. The van der Waals surface area contributed by atoms with Gasteiger partial charge in [-0.25, -0.2) is 0 Å². The largest absolute Gasteiger partial charge is 0.508 e. The molecule has 0 unspecified atom stereocenters. The van der Waals surface area contributed by atoms with E-state index in [4.69, 9.17) is 15.2 Å². The SMILES string of the molecule is COc1ccc(COC(=O)[C@@H](N)Cc2ccc(O)cc2C)cc1. The second kappa shape index (κ2) is 7.65. The Morgan fingerprint density at radius 1 is 1.22 bits per heavy atom. The summed E-state index contributed by atoms with van der Waals surface area (Å²) in [7, 11) is 1.60. The summed E-state index contributed by atoms with van der Waals surface area (Å²) in [5.74, 6) is 0.495. The first-order chi connectivity index (χ1) is 11.0. The van der Waals surface area contributed by atoms with E-state index in [-0.39, 0.29) is 12.4 Å². The van der Waals surface area contributed by atoms with Crippen LogP contribution >= 0.6 is 0 Å². The predicted molar refractivity (Wildman–Crippen MR) is 87.3 cm³/mol. The van der Waals surface area contributed by atoms with E-state index in [1.807, 2.05) is 31.2 Å². The van der Waals surface area contributed by atoms with Gasteiger partial charge in [-0.3, -0.25) is 4.79 Å². The van der Waals surface area contributed by atoms with Crippen molar-refractivity contribution >= 4 is 5.97 Å². The third-order valence-electron chi connectivity index (χ3n) is 3.61. The zero-order valence-corrected chi connectivity index (χ0v) is 13.3. The summed E-state index contributed by atoms with van der Waals surface area (Å²) in [5, 5.41) is 9.40. The fourth-order valence-electron chi connectivity index (χ4n) is 2.21. The van der Waals surface area contributed by atoms with Crippen LogP contribution in [0.15, 0.2) is 42.5 Å². The van der Waals surface area contributed by atoms with E-state index in [0.717, 1.165) is 22.4 Å². The predicted octanol–water partition coefficient (Wildman–Crippen LogP) is 2.32. The van der Waals surface area contributed by atoms with Gasteiger partial charge in [0.1, 0.15) is 24.1 Å². The molecule has 2 aromatic carbocycles. The minimum absolute atomic E-state index is 0.172. The van der Waals surface area contributed by atoms with Gasteiger partial charge >= 0.3 is 5.97 Å². The molecule has 0 saturated carbocycles. The number of ether oxygens (including phenoxy) is 2. The van der Waals surface area contributed by atoms with E-state index in [2.05, 4.69) is 0 Å². The standard InChI is InChI=1S/C18H21NO4/c1-12-9-15(20)6-5-14(12)10-17(19)18(21)23-11-13-3-7-16(22-2)8-4-13/h3-9,17,20H,10-11,19H2,1-2H3/t17-/m0/s1. The highest BCUT2D eigenvalue weighted by Crippen LogP contribution is 2.17. The fourth-order valence-corrected chi connectivity index (χ4v) is 2.21. The summed E-state index contributed by atoms with van der Waals surface area (Å²) >= 11 is 0. The molecule has 2 aromatic rings. The molecule has 0 fully saturated rings. The van der Waals surface area contributed by atoms with Crippen molar-refractivity contribution in [2.45, 2.75) is 26.0 Å². The van der Waals surface area contributed by atoms with Crippen molar-refractivity contribution in [2.24, 2.45) is 5.73 Å². The molecule has 122 valence electrons. The summed E-state index contributed by atoms with van der Waals surface area (Å²) in [6.45, 7) is 2.04. The van der Waals surface area contributed by atoms with Crippen LogP contribution in [0.2, 0.25) is 0 Å². The minimum atomic E-state index is -0.739. The molecule has 2 rings (SSSR count). The zero-order chi connectivity index (χ0) is 16.8. The smallest absolute Gasteiger partial charge is 0.323 e. The first-order valence-corrected chi connectivity index (χ1v) is 7.33. The lowest BCUT2D eigenvalue weighted by molar-refractivity contribution is -0.146. The Bertz CT molecular complexity index is 667. The molecule has 0 heterocycles. The van der Waals surface area contributed by atoms with Gasteiger partial charge in [0.2, 0.25) is 0 Å². The van der Waals surface area contributed by atoms with E-state index >= 15 is 0 Å². The first kappa shape index (κ1) is 16.8. The van der Waals surface area contributed by atoms with Crippen LogP contribution < -0.4 is 10.5 Å². The van der Waals surface area contributed by atoms with Gasteiger partial charge in [0, 0.05) is 0 Å². The van der Waals surface area contributed by atoms with Crippen LogP contribution in [-0.2, 0) is 22.6 Å². The number of carbonyl (C=O) groups excluding carboxylic acids is 1. The Kier molecular flexibility index (Phi) is 5.60. The molecule has 3 N–H and O–H groups in total. The highest BCUT2D eigenvalue weighted by atomic mass is 16.5. The molecule has 0 bridgehead atoms. The lowest BCUT2D eigenvalue weighted by atomic mass is 10.0. The van der Waals surface area contributed by atoms with Gasteiger partial charge in [0.15, 0.2) is 0 Å². The summed E-state index contributed by atoms with van der Waals surface area (Å²) < 4.78 is 10.3. The van der Waals surface area contributed by atoms with Crippen LogP contribution in [0.3, 0.4) is 0 Å². The maximum Gasteiger partial charge on any atom is 0.323 e. The normalized spacial score (nSPS) is 11.8. The number of aryl methyl sites for hydroxylation is 1. The number of phenols is 1. The van der Waals surface area contributed by atoms with E-state index in [0.29, 0.717) is 6.42 Å². The van der Waals surface area contributed by atoms with Crippen LogP contribution in [0.25, 0.3) is 0 Å². The molecular formula is C18H21NO4. The topological polar surface area (TPSA) is 81.8 Å². The summed E-state index contributed by atoms with van der Waals surface area (Å²) in [4.78, 5) is 12.0. The maximum absolute atomic E-state index is 12.0. The van der Waals surface area contributed by atoms with E-state index in [1.54, 1.807) is 25.3 Å². The molecule has 0 aromatic heterocycles. The van der Waals surface area contributed by atoms with Crippen LogP contribution in [0, 0.1) is 6.92 Å². The van der Waals surface area contributed by atoms with Gasteiger partial charge in [0.05, 0.1) is 7.11 Å². The van der Waals surface area contributed by atoms with E-state index in [9.17, 15) is 9.90 Å². The number of esters is 1. The Morgan fingerprint density at radius 2 is 1.91 bits per heavy atom. The molecule has 0 aliphatic heterocycles. The summed E-state index contributed by atoms with van der Waals surface area (Å²) in [6.07, 6.45) is 0.369. The maximum atomic E-state index is 12.0. The molecule has 0 amide bonds. The number of methoxy groups -OCH3 is 1. The molecule has 5 nitrogen and oxygen atoms in total. The number of hydrogen-bond donors (Lipinski definition) is 2. The van der Waals surface area contributed by atoms with Crippen molar-refractivity contribution in [1.82, 2.24) is 0 Å².